The van der Waals surface area contributed by atoms with E-state index in [1.807, 2.05) is 24.3 Å². The van der Waals surface area contributed by atoms with Crippen molar-refractivity contribution in [3.63, 3.8) is 0 Å². The third-order valence-electron chi connectivity index (χ3n) is 5.33. The lowest BCUT2D eigenvalue weighted by molar-refractivity contribution is -0.120. The van der Waals surface area contributed by atoms with Gasteiger partial charge in [0, 0.05) is 11.8 Å². The van der Waals surface area contributed by atoms with Crippen LogP contribution in [0.5, 0.6) is 0 Å². The minimum atomic E-state index is -1.14. The summed E-state index contributed by atoms with van der Waals surface area (Å²) < 4.78 is 27.2. The van der Waals surface area contributed by atoms with Crippen LogP contribution in [0.3, 0.4) is 0 Å². The van der Waals surface area contributed by atoms with Crippen molar-refractivity contribution in [1.82, 2.24) is 0 Å². The van der Waals surface area contributed by atoms with Gasteiger partial charge in [0.1, 0.15) is 5.70 Å². The fourth-order valence-electron chi connectivity index (χ4n) is 3.57. The van der Waals surface area contributed by atoms with Gasteiger partial charge in [-0.1, -0.05) is 63.2 Å². The van der Waals surface area contributed by atoms with E-state index in [4.69, 9.17) is 0 Å². The number of anilines is 2. The number of nitrogens with one attached hydrogen (secondary N) is 1. The van der Waals surface area contributed by atoms with E-state index in [1.165, 1.54) is 6.07 Å². The van der Waals surface area contributed by atoms with Gasteiger partial charge in [-0.15, -0.1) is 0 Å². The molecule has 0 bridgehead atoms. The highest BCUT2D eigenvalue weighted by molar-refractivity contribution is 6.46. The number of carbonyl (C=O) groups excluding carboxylic acids is 2. The van der Waals surface area contributed by atoms with Crippen LogP contribution in [0.2, 0.25) is 0 Å². The zero-order valence-electron chi connectivity index (χ0n) is 17.9. The lowest BCUT2D eigenvalue weighted by Crippen LogP contribution is -2.32. The zero-order valence-corrected chi connectivity index (χ0v) is 17.9. The highest BCUT2D eigenvalue weighted by Gasteiger charge is 2.40. The summed E-state index contributed by atoms with van der Waals surface area (Å²) in [4.78, 5) is 27.4. The van der Waals surface area contributed by atoms with Crippen molar-refractivity contribution >= 4 is 28.8 Å². The van der Waals surface area contributed by atoms with Gasteiger partial charge in [-0.3, -0.25) is 9.59 Å². The summed E-state index contributed by atoms with van der Waals surface area (Å²) in [7, 11) is 0. The number of imide groups is 1. The Morgan fingerprint density at radius 2 is 1.44 bits per heavy atom. The summed E-state index contributed by atoms with van der Waals surface area (Å²) in [5, 5.41) is 3.07. The first-order chi connectivity index (χ1) is 15.2. The smallest absolute Gasteiger partial charge is 0.282 e. The molecule has 4 nitrogen and oxygen atoms in total. The van der Waals surface area contributed by atoms with E-state index in [-0.39, 0.29) is 22.4 Å². The predicted molar refractivity (Wildman–Crippen MR) is 121 cm³/mol. The van der Waals surface area contributed by atoms with E-state index in [1.54, 1.807) is 30.3 Å². The van der Waals surface area contributed by atoms with Crippen molar-refractivity contribution in [2.24, 2.45) is 0 Å². The maximum atomic E-state index is 13.8. The zero-order chi connectivity index (χ0) is 23.0. The number of halogens is 2. The van der Waals surface area contributed by atoms with Gasteiger partial charge in [-0.2, -0.15) is 0 Å². The van der Waals surface area contributed by atoms with Crippen LogP contribution in [0.25, 0.3) is 5.57 Å². The average Bonchev–Trinajstić information content (AvgIpc) is 3.00. The number of amides is 2. The first-order valence-electron chi connectivity index (χ1n) is 10.2. The summed E-state index contributed by atoms with van der Waals surface area (Å²) in [5.41, 5.74) is 2.48. The number of rotatable bonds is 4. The summed E-state index contributed by atoms with van der Waals surface area (Å²) in [6.07, 6.45) is 0. The molecule has 0 unspecified atom stereocenters. The van der Waals surface area contributed by atoms with Crippen LogP contribution < -0.4 is 10.2 Å². The molecule has 0 spiro atoms. The van der Waals surface area contributed by atoms with E-state index in [0.717, 1.165) is 22.6 Å². The second-order valence-electron chi connectivity index (χ2n) is 8.61. The molecule has 3 aromatic rings. The van der Waals surface area contributed by atoms with E-state index in [0.29, 0.717) is 11.3 Å². The van der Waals surface area contributed by atoms with Crippen LogP contribution in [-0.4, -0.2) is 11.8 Å². The molecule has 0 aliphatic carbocycles. The topological polar surface area (TPSA) is 49.4 Å². The molecule has 0 fully saturated rings. The number of carbonyl (C=O) groups is 2. The minimum absolute atomic E-state index is 0.0321. The second-order valence-corrected chi connectivity index (χ2v) is 8.61. The van der Waals surface area contributed by atoms with E-state index in [9.17, 15) is 18.4 Å². The van der Waals surface area contributed by atoms with Crippen LogP contribution in [0, 0.1) is 11.6 Å². The number of nitrogens with zero attached hydrogens (tertiary/aromatic N) is 1. The summed E-state index contributed by atoms with van der Waals surface area (Å²) in [6.45, 7) is 6.30. The molecule has 0 atom stereocenters. The minimum Gasteiger partial charge on any atom is -0.350 e. The Kier molecular flexibility index (Phi) is 5.38. The molecule has 162 valence electrons. The molecule has 0 saturated carbocycles. The molecule has 1 aliphatic heterocycles. The number of hydrogen-bond donors (Lipinski definition) is 1. The van der Waals surface area contributed by atoms with Crippen molar-refractivity contribution in [1.29, 1.82) is 0 Å². The fraction of sp³-hybridized carbons (Fsp3) is 0.154. The van der Waals surface area contributed by atoms with Crippen molar-refractivity contribution in [3.8, 4) is 0 Å². The maximum Gasteiger partial charge on any atom is 0.282 e. The third kappa shape index (κ3) is 3.91. The molecule has 2 amide bonds. The molecule has 32 heavy (non-hydrogen) atoms. The number of benzene rings is 3. The van der Waals surface area contributed by atoms with Crippen molar-refractivity contribution < 1.29 is 18.4 Å². The van der Waals surface area contributed by atoms with Gasteiger partial charge in [0.25, 0.3) is 11.8 Å². The van der Waals surface area contributed by atoms with Gasteiger partial charge in [-0.25, -0.2) is 13.7 Å². The molecule has 4 rings (SSSR count). The Balaban J connectivity index is 1.77. The fourth-order valence-corrected chi connectivity index (χ4v) is 3.57. The van der Waals surface area contributed by atoms with E-state index < -0.39 is 23.4 Å². The van der Waals surface area contributed by atoms with Crippen molar-refractivity contribution in [2.75, 3.05) is 10.2 Å². The first kappa shape index (κ1) is 21.4. The molecular formula is C26H22F2N2O2. The summed E-state index contributed by atoms with van der Waals surface area (Å²) in [5.74, 6) is -3.44. The predicted octanol–water partition coefficient (Wildman–Crippen LogP) is 5.66. The molecule has 6 heteroatoms. The second kappa shape index (κ2) is 8.04. The lowest BCUT2D eigenvalue weighted by atomic mass is 9.87. The van der Waals surface area contributed by atoms with Gasteiger partial charge < -0.3 is 5.32 Å². The lowest BCUT2D eigenvalue weighted by Gasteiger charge is -2.19. The summed E-state index contributed by atoms with van der Waals surface area (Å²) >= 11 is 0. The third-order valence-corrected chi connectivity index (χ3v) is 5.33. The number of hydrogen-bond acceptors (Lipinski definition) is 3. The van der Waals surface area contributed by atoms with Crippen molar-refractivity contribution in [3.05, 3.63) is 101 Å². The molecule has 0 saturated heterocycles. The van der Waals surface area contributed by atoms with E-state index in [2.05, 4.69) is 26.1 Å². The maximum absolute atomic E-state index is 13.8. The first-order valence-corrected chi connectivity index (χ1v) is 10.2. The van der Waals surface area contributed by atoms with Gasteiger partial charge in [0.2, 0.25) is 0 Å². The Labute approximate surface area is 185 Å². The average molecular weight is 432 g/mol. The molecule has 1 N–H and O–H groups in total. The molecule has 3 aromatic carbocycles. The van der Waals surface area contributed by atoms with Gasteiger partial charge in [-0.05, 0) is 40.8 Å². The SMILES string of the molecule is CC(C)(C)c1ccc(NC2=C(c3ccccc3)C(=O)N(c3ccc(F)c(F)c3)C2=O)cc1. The highest BCUT2D eigenvalue weighted by Crippen LogP contribution is 2.34. The molecule has 1 aliphatic rings. The molecule has 0 radical (unpaired) electrons. The van der Waals surface area contributed by atoms with Crippen LogP contribution >= 0.6 is 0 Å². The largest absolute Gasteiger partial charge is 0.350 e. The highest BCUT2D eigenvalue weighted by atomic mass is 19.2. The Morgan fingerprint density at radius 3 is 2.03 bits per heavy atom. The quantitative estimate of drug-likeness (QED) is 0.542. The van der Waals surface area contributed by atoms with Gasteiger partial charge >= 0.3 is 0 Å². The van der Waals surface area contributed by atoms with Crippen LogP contribution in [-0.2, 0) is 15.0 Å². The van der Waals surface area contributed by atoms with Gasteiger partial charge in [0.05, 0.1) is 11.3 Å². The van der Waals surface area contributed by atoms with Crippen LogP contribution in [0.4, 0.5) is 20.2 Å². The standard InChI is InChI=1S/C26H22F2N2O2/c1-26(2,3)17-9-11-18(12-10-17)29-23-22(16-7-5-4-6-8-16)24(31)30(25(23)32)19-13-14-20(27)21(28)15-19/h4-15,29H,1-3H3. The monoisotopic (exact) mass is 432 g/mol. The van der Waals surface area contributed by atoms with Crippen LogP contribution in [0.1, 0.15) is 31.9 Å². The Hall–Kier alpha value is -3.80. The molecule has 0 aromatic heterocycles. The summed E-state index contributed by atoms with van der Waals surface area (Å²) in [6, 6.07) is 19.3. The van der Waals surface area contributed by atoms with E-state index >= 15 is 0 Å². The van der Waals surface area contributed by atoms with Crippen LogP contribution in [0.15, 0.2) is 78.5 Å². The molecular weight excluding hydrogens is 410 g/mol. The van der Waals surface area contributed by atoms with Gasteiger partial charge in [0.15, 0.2) is 11.6 Å². The Bertz CT molecular complexity index is 1230. The van der Waals surface area contributed by atoms with Crippen molar-refractivity contribution in [2.45, 2.75) is 26.2 Å². The Morgan fingerprint density at radius 1 is 0.781 bits per heavy atom. The normalized spacial score (nSPS) is 14.3. The molecule has 1 heterocycles.